The van der Waals surface area contributed by atoms with E-state index in [1.165, 1.54) is 0 Å². The van der Waals surface area contributed by atoms with E-state index < -0.39 is 29.4 Å². The van der Waals surface area contributed by atoms with Gasteiger partial charge in [0.25, 0.3) is 11.8 Å². The van der Waals surface area contributed by atoms with Gasteiger partial charge < -0.3 is 9.84 Å². The molecule has 1 saturated heterocycles. The SMILES string of the molecule is O=C(O)[C@@H]1[C@H]2CCO[C@]21N1C(=O)c2ccccc2C1=O. The second kappa shape index (κ2) is 3.46. The van der Waals surface area contributed by atoms with Gasteiger partial charge in [-0.25, -0.2) is 4.90 Å². The maximum absolute atomic E-state index is 12.4. The first-order valence-corrected chi connectivity index (χ1v) is 6.43. The molecule has 0 spiro atoms. The number of hydrogen-bond acceptors (Lipinski definition) is 4. The van der Waals surface area contributed by atoms with Crippen molar-refractivity contribution in [1.29, 1.82) is 0 Å². The third-order valence-corrected chi connectivity index (χ3v) is 4.44. The number of benzene rings is 1. The zero-order valence-electron chi connectivity index (χ0n) is 10.4. The van der Waals surface area contributed by atoms with Crippen molar-refractivity contribution in [3.05, 3.63) is 35.4 Å². The molecular weight excluding hydrogens is 262 g/mol. The number of carbonyl (C=O) groups is 3. The van der Waals surface area contributed by atoms with Crippen molar-refractivity contribution in [2.45, 2.75) is 12.1 Å². The standard InChI is InChI=1S/C14H11NO5/c16-11-7-3-1-2-4-8(7)12(17)15(11)14-9(5-6-20-14)10(14)13(18)19/h1-4,9-10H,5-6H2,(H,18,19)/t9-,10+,14-/m1/s1. The average molecular weight is 273 g/mol. The Balaban J connectivity index is 1.80. The van der Waals surface area contributed by atoms with E-state index in [0.29, 0.717) is 24.2 Å². The van der Waals surface area contributed by atoms with Crippen LogP contribution in [0.25, 0.3) is 0 Å². The fourth-order valence-corrected chi connectivity index (χ4v) is 3.56. The molecule has 1 aliphatic carbocycles. The molecule has 1 aromatic rings. The highest BCUT2D eigenvalue weighted by molar-refractivity contribution is 6.22. The van der Waals surface area contributed by atoms with Crippen LogP contribution in [0.3, 0.4) is 0 Å². The molecule has 0 unspecified atom stereocenters. The Labute approximate surface area is 113 Å². The molecule has 3 aliphatic rings. The van der Waals surface area contributed by atoms with Crippen LogP contribution in [0, 0.1) is 11.8 Å². The van der Waals surface area contributed by atoms with E-state index in [-0.39, 0.29) is 5.92 Å². The van der Waals surface area contributed by atoms with Gasteiger partial charge in [-0.3, -0.25) is 14.4 Å². The molecule has 0 bridgehead atoms. The molecule has 0 aromatic heterocycles. The van der Waals surface area contributed by atoms with Crippen molar-refractivity contribution >= 4 is 17.8 Å². The molecule has 20 heavy (non-hydrogen) atoms. The Bertz CT molecular complexity index is 634. The van der Waals surface area contributed by atoms with Gasteiger partial charge in [-0.2, -0.15) is 0 Å². The van der Waals surface area contributed by atoms with E-state index in [2.05, 4.69) is 0 Å². The molecule has 4 rings (SSSR count). The Morgan fingerprint density at radius 1 is 1.25 bits per heavy atom. The molecule has 6 heteroatoms. The van der Waals surface area contributed by atoms with Crippen molar-refractivity contribution in [2.24, 2.45) is 11.8 Å². The lowest BCUT2D eigenvalue weighted by Crippen LogP contribution is -2.45. The Hall–Kier alpha value is -2.21. The van der Waals surface area contributed by atoms with Crippen LogP contribution in [0.1, 0.15) is 27.1 Å². The lowest BCUT2D eigenvalue weighted by molar-refractivity contribution is -0.143. The minimum atomic E-state index is -1.26. The minimum Gasteiger partial charge on any atom is -0.481 e. The summed E-state index contributed by atoms with van der Waals surface area (Å²) >= 11 is 0. The van der Waals surface area contributed by atoms with Gasteiger partial charge in [-0.15, -0.1) is 0 Å². The molecule has 0 radical (unpaired) electrons. The first-order chi connectivity index (χ1) is 9.59. The number of carbonyl (C=O) groups excluding carboxylic acids is 2. The highest BCUT2D eigenvalue weighted by Gasteiger charge is 2.78. The van der Waals surface area contributed by atoms with Gasteiger partial charge in [0.1, 0.15) is 5.92 Å². The van der Waals surface area contributed by atoms with Gasteiger partial charge >= 0.3 is 5.97 Å². The lowest BCUT2D eigenvalue weighted by atomic mass is 10.1. The number of hydrogen-bond donors (Lipinski definition) is 1. The van der Waals surface area contributed by atoms with Crippen molar-refractivity contribution in [3.8, 4) is 0 Å². The largest absolute Gasteiger partial charge is 0.481 e. The molecule has 6 nitrogen and oxygen atoms in total. The van der Waals surface area contributed by atoms with Crippen LogP contribution in [-0.2, 0) is 9.53 Å². The summed E-state index contributed by atoms with van der Waals surface area (Å²) in [6.45, 7) is 0.377. The fraction of sp³-hybridized carbons (Fsp3) is 0.357. The molecule has 1 saturated carbocycles. The summed E-state index contributed by atoms with van der Waals surface area (Å²) in [5, 5.41) is 9.24. The van der Waals surface area contributed by atoms with Crippen molar-refractivity contribution in [3.63, 3.8) is 0 Å². The molecule has 1 N–H and O–H groups in total. The van der Waals surface area contributed by atoms with Gasteiger partial charge in [0.05, 0.1) is 17.7 Å². The quantitative estimate of drug-likeness (QED) is 0.803. The minimum absolute atomic E-state index is 0.290. The Morgan fingerprint density at radius 3 is 2.35 bits per heavy atom. The summed E-state index contributed by atoms with van der Waals surface area (Å²) in [4.78, 5) is 37.2. The summed E-state index contributed by atoms with van der Waals surface area (Å²) in [7, 11) is 0. The van der Waals surface area contributed by atoms with E-state index in [9.17, 15) is 19.5 Å². The topological polar surface area (TPSA) is 83.9 Å². The first kappa shape index (κ1) is 11.6. The monoisotopic (exact) mass is 273 g/mol. The summed E-state index contributed by atoms with van der Waals surface area (Å²) in [6.07, 6.45) is 0.560. The molecular formula is C14H11NO5. The van der Waals surface area contributed by atoms with Gasteiger partial charge in [-0.1, -0.05) is 12.1 Å². The van der Waals surface area contributed by atoms with Crippen LogP contribution in [-0.4, -0.2) is 40.1 Å². The van der Waals surface area contributed by atoms with Crippen LogP contribution < -0.4 is 0 Å². The summed E-state index contributed by atoms with van der Waals surface area (Å²) in [5.74, 6) is -3.03. The third kappa shape index (κ3) is 1.11. The molecule has 2 heterocycles. The number of amides is 2. The van der Waals surface area contributed by atoms with Crippen LogP contribution in [0.15, 0.2) is 24.3 Å². The van der Waals surface area contributed by atoms with Crippen molar-refractivity contribution in [1.82, 2.24) is 4.90 Å². The molecule has 102 valence electrons. The number of aliphatic carboxylic acids is 1. The van der Waals surface area contributed by atoms with Gasteiger partial charge in [0.15, 0.2) is 5.72 Å². The van der Waals surface area contributed by atoms with Crippen LogP contribution in [0.4, 0.5) is 0 Å². The molecule has 2 aliphatic heterocycles. The maximum atomic E-state index is 12.4. The number of rotatable bonds is 2. The number of carboxylic acid groups (broad SMARTS) is 1. The van der Waals surface area contributed by atoms with E-state index in [4.69, 9.17) is 4.74 Å². The number of imide groups is 1. The second-order valence-electron chi connectivity index (χ2n) is 5.30. The number of carboxylic acids is 1. The maximum Gasteiger partial charge on any atom is 0.311 e. The average Bonchev–Trinajstić information content (AvgIpc) is 2.73. The Kier molecular flexibility index (Phi) is 2.01. The summed E-state index contributed by atoms with van der Waals surface area (Å²) < 4.78 is 5.55. The zero-order chi connectivity index (χ0) is 14.1. The smallest absolute Gasteiger partial charge is 0.311 e. The van der Waals surface area contributed by atoms with Crippen LogP contribution in [0.2, 0.25) is 0 Å². The van der Waals surface area contributed by atoms with Gasteiger partial charge in [-0.05, 0) is 18.6 Å². The molecule has 3 atom stereocenters. The summed E-state index contributed by atoms with van der Waals surface area (Å²) in [5.41, 5.74) is -0.631. The highest BCUT2D eigenvalue weighted by Crippen LogP contribution is 2.62. The highest BCUT2D eigenvalue weighted by atomic mass is 16.5. The van der Waals surface area contributed by atoms with E-state index >= 15 is 0 Å². The third-order valence-electron chi connectivity index (χ3n) is 4.44. The van der Waals surface area contributed by atoms with E-state index in [0.717, 1.165) is 4.90 Å². The predicted octanol–water partition coefficient (Wildman–Crippen LogP) is 0.730. The van der Waals surface area contributed by atoms with Crippen molar-refractivity contribution < 1.29 is 24.2 Å². The fourth-order valence-electron chi connectivity index (χ4n) is 3.56. The second-order valence-corrected chi connectivity index (χ2v) is 5.30. The number of nitrogens with zero attached hydrogens (tertiary/aromatic N) is 1. The van der Waals surface area contributed by atoms with Gasteiger partial charge in [0, 0.05) is 5.92 Å². The molecule has 2 fully saturated rings. The number of fused-ring (bicyclic) bond motifs is 2. The lowest BCUT2D eigenvalue weighted by Gasteiger charge is -2.25. The normalized spacial score (nSPS) is 34.1. The zero-order valence-corrected chi connectivity index (χ0v) is 10.4. The van der Waals surface area contributed by atoms with Crippen LogP contribution in [0.5, 0.6) is 0 Å². The van der Waals surface area contributed by atoms with Crippen molar-refractivity contribution in [2.75, 3.05) is 6.61 Å². The van der Waals surface area contributed by atoms with E-state index in [1.807, 2.05) is 0 Å². The van der Waals surface area contributed by atoms with E-state index in [1.54, 1.807) is 24.3 Å². The Morgan fingerprint density at radius 2 is 1.85 bits per heavy atom. The van der Waals surface area contributed by atoms with Crippen LogP contribution >= 0.6 is 0 Å². The predicted molar refractivity (Wildman–Crippen MR) is 64.9 cm³/mol. The molecule has 2 amide bonds. The summed E-state index contributed by atoms with van der Waals surface area (Å²) in [6, 6.07) is 6.52. The molecule has 1 aromatic carbocycles. The first-order valence-electron chi connectivity index (χ1n) is 6.43. The van der Waals surface area contributed by atoms with Gasteiger partial charge in [0.2, 0.25) is 0 Å². The number of ether oxygens (including phenoxy) is 1.